The zero-order valence-corrected chi connectivity index (χ0v) is 32.1. The van der Waals surface area contributed by atoms with Crippen LogP contribution in [-0.2, 0) is 0 Å². The molecule has 4 aromatic heterocycles. The van der Waals surface area contributed by atoms with Gasteiger partial charge < -0.3 is 9.13 Å². The van der Waals surface area contributed by atoms with Crippen LogP contribution in [-0.4, -0.2) is 39.1 Å². The van der Waals surface area contributed by atoms with Crippen LogP contribution in [0.2, 0.25) is 0 Å². The maximum absolute atomic E-state index is 4.93. The molecule has 280 valence electrons. The number of rotatable bonds is 4. The Morgan fingerprint density at radius 2 is 0.550 bits per heavy atom. The van der Waals surface area contributed by atoms with Gasteiger partial charge in [-0.1, -0.05) is 132 Å². The van der Waals surface area contributed by atoms with Crippen LogP contribution in [0.4, 0.5) is 0 Å². The third-order valence-electron chi connectivity index (χ3n) is 12.1. The quantitative estimate of drug-likeness (QED) is 0.179. The van der Waals surface area contributed by atoms with E-state index in [9.17, 15) is 0 Å². The Morgan fingerprint density at radius 3 is 0.900 bits per heavy atom. The van der Waals surface area contributed by atoms with Crippen LogP contribution < -0.4 is 0 Å². The molecule has 8 aromatic carbocycles. The number of hydrogen-bond donors (Lipinski definition) is 0. The fourth-order valence-electron chi connectivity index (χ4n) is 9.45. The lowest BCUT2D eigenvalue weighted by Crippen LogP contribution is -2.01. The predicted molar refractivity (Wildman–Crippen MR) is 235 cm³/mol. The summed E-state index contributed by atoms with van der Waals surface area (Å²) in [7, 11) is 0. The van der Waals surface area contributed by atoms with Crippen LogP contribution in [0.3, 0.4) is 0 Å². The van der Waals surface area contributed by atoms with Crippen molar-refractivity contribution in [1.29, 1.82) is 0 Å². The van der Waals surface area contributed by atoms with Crippen LogP contribution in [0.1, 0.15) is 0 Å². The van der Waals surface area contributed by atoms with Gasteiger partial charge >= 0.3 is 0 Å². The van der Waals surface area contributed by atoms with Crippen molar-refractivity contribution in [2.45, 2.75) is 0 Å². The molecule has 0 saturated heterocycles. The lowest BCUT2D eigenvalue weighted by atomic mass is 10.1. The Kier molecular flexibility index (Phi) is 6.85. The maximum atomic E-state index is 4.93. The van der Waals surface area contributed by atoms with Crippen LogP contribution >= 0.6 is 0 Å². The first-order chi connectivity index (χ1) is 29.8. The zero-order valence-electron chi connectivity index (χ0n) is 32.1. The van der Waals surface area contributed by atoms with E-state index in [0.29, 0.717) is 0 Å². The molecule has 1 aliphatic rings. The molecule has 13 rings (SSSR count). The van der Waals surface area contributed by atoms with Gasteiger partial charge in [-0.05, 0) is 72.8 Å². The Labute approximate surface area is 340 Å². The fraction of sp³-hybridized carbons (Fsp3) is 0. The van der Waals surface area contributed by atoms with E-state index in [4.69, 9.17) is 20.6 Å². The molecule has 0 bridgehead atoms. The van der Waals surface area contributed by atoms with Crippen LogP contribution in [0, 0.1) is 42.3 Å². The van der Waals surface area contributed by atoms with Crippen molar-refractivity contribution < 1.29 is 0 Å². The summed E-state index contributed by atoms with van der Waals surface area (Å²) >= 11 is 0. The molecule has 0 unspecified atom stereocenters. The average molecular weight is 769 g/mol. The number of nitrogens with zero attached hydrogens (tertiary/aromatic N) is 8. The topological polar surface area (TPSA) is 71.3 Å². The fourth-order valence-corrected chi connectivity index (χ4v) is 9.45. The summed E-state index contributed by atoms with van der Waals surface area (Å²) in [5.41, 5.74) is 8.67. The SMILES string of the molecule is c1ccc2c(c1)=c1nnn(-c3ccc(-n4c5ccccc5c5ccccc54)cc3)c1=c1ccccc1=c1nnn(-c3ccc(-n4c5ccccc5c5ccccc54)cc3)c1=2. The van der Waals surface area contributed by atoms with Gasteiger partial charge in [-0.15, -0.1) is 10.2 Å². The molecule has 12 aromatic rings. The predicted octanol–water partition coefficient (Wildman–Crippen LogP) is 10.5. The summed E-state index contributed by atoms with van der Waals surface area (Å²) in [6.07, 6.45) is 0. The van der Waals surface area contributed by atoms with E-state index in [2.05, 4.69) is 203 Å². The summed E-state index contributed by atoms with van der Waals surface area (Å²) in [6, 6.07) is 68.3. The number of aromatic nitrogens is 8. The van der Waals surface area contributed by atoms with Gasteiger partial charge in [-0.25, -0.2) is 9.36 Å². The highest BCUT2D eigenvalue weighted by Crippen LogP contribution is 2.33. The van der Waals surface area contributed by atoms with Gasteiger partial charge in [0, 0.05) is 53.8 Å². The van der Waals surface area contributed by atoms with Crippen LogP contribution in [0.5, 0.6) is 0 Å². The van der Waals surface area contributed by atoms with E-state index in [0.717, 1.165) is 65.0 Å². The molecule has 0 fully saturated rings. The first-order valence-corrected chi connectivity index (χ1v) is 20.1. The standard InChI is InChI=1S/C52H32N8/c1-3-19-43-41(17-1)49-52(60(55-53-49)36-31-27-34(28-32-36)58-47-23-11-7-15-39(47)40-16-8-12-24-48(40)58)44-20-4-2-18-42(44)50-51(43)59(56-54-50)35-29-25-33(26-30-35)57-45-21-9-5-13-37(45)38-14-6-10-22-46(38)57/h1-32H. The molecule has 8 nitrogen and oxygen atoms in total. The summed E-state index contributed by atoms with van der Waals surface area (Å²) in [5.74, 6) is 0. The largest absolute Gasteiger partial charge is 0.309 e. The molecular formula is C52H32N8. The first-order valence-electron chi connectivity index (χ1n) is 20.1. The van der Waals surface area contributed by atoms with E-state index >= 15 is 0 Å². The van der Waals surface area contributed by atoms with Gasteiger partial charge in [0.1, 0.15) is 21.4 Å². The van der Waals surface area contributed by atoms with Gasteiger partial charge in [-0.3, -0.25) is 0 Å². The zero-order chi connectivity index (χ0) is 39.3. The van der Waals surface area contributed by atoms with Gasteiger partial charge in [-0.2, -0.15) is 0 Å². The summed E-state index contributed by atoms with van der Waals surface area (Å²) in [5, 5.41) is 31.8. The van der Waals surface area contributed by atoms with Crippen molar-refractivity contribution in [3.05, 3.63) is 236 Å². The monoisotopic (exact) mass is 768 g/mol. The minimum atomic E-state index is 0.796. The highest BCUT2D eigenvalue weighted by molar-refractivity contribution is 6.10. The highest BCUT2D eigenvalue weighted by atomic mass is 15.4. The van der Waals surface area contributed by atoms with Gasteiger partial charge in [0.05, 0.1) is 33.4 Å². The molecule has 0 aliphatic heterocycles. The van der Waals surface area contributed by atoms with Crippen LogP contribution in [0.15, 0.2) is 194 Å². The van der Waals surface area contributed by atoms with Crippen molar-refractivity contribution in [2.75, 3.05) is 0 Å². The lowest BCUT2D eigenvalue weighted by Gasteiger charge is -2.09. The second-order valence-corrected chi connectivity index (χ2v) is 15.3. The van der Waals surface area contributed by atoms with Crippen molar-refractivity contribution >= 4 is 43.6 Å². The maximum Gasteiger partial charge on any atom is 0.122 e. The molecule has 8 heteroatoms. The summed E-state index contributed by atoms with van der Waals surface area (Å²) in [4.78, 5) is 0. The third kappa shape index (κ3) is 4.61. The Morgan fingerprint density at radius 1 is 0.267 bits per heavy atom. The van der Waals surface area contributed by atoms with Crippen molar-refractivity contribution in [3.8, 4) is 22.7 Å². The van der Waals surface area contributed by atoms with Gasteiger partial charge in [0.2, 0.25) is 0 Å². The molecule has 4 heterocycles. The van der Waals surface area contributed by atoms with Crippen molar-refractivity contribution in [2.24, 2.45) is 0 Å². The Balaban J connectivity index is 1.03. The molecule has 0 atom stereocenters. The van der Waals surface area contributed by atoms with Crippen LogP contribution in [0.25, 0.3) is 66.4 Å². The third-order valence-corrected chi connectivity index (χ3v) is 12.1. The number of hydrogen-bond acceptors (Lipinski definition) is 4. The van der Waals surface area contributed by atoms with E-state index in [-0.39, 0.29) is 0 Å². The smallest absolute Gasteiger partial charge is 0.122 e. The Bertz CT molecular complexity index is 3750. The van der Waals surface area contributed by atoms with E-state index in [1.165, 1.54) is 43.6 Å². The summed E-state index contributed by atoms with van der Waals surface area (Å²) < 4.78 is 8.58. The minimum Gasteiger partial charge on any atom is -0.309 e. The first kappa shape index (κ1) is 32.7. The second-order valence-electron chi connectivity index (χ2n) is 15.3. The molecular weight excluding hydrogens is 737 g/mol. The Hall–Kier alpha value is -8.36. The molecule has 0 amide bonds. The number of benzene rings is 8. The molecule has 0 N–H and O–H groups in total. The average Bonchev–Trinajstić information content (AvgIpc) is 4.10. The molecule has 60 heavy (non-hydrogen) atoms. The molecule has 0 radical (unpaired) electrons. The lowest BCUT2D eigenvalue weighted by molar-refractivity contribution is 0.784. The second kappa shape index (κ2) is 12.6. The van der Waals surface area contributed by atoms with E-state index in [1.54, 1.807) is 0 Å². The van der Waals surface area contributed by atoms with Gasteiger partial charge in [0.25, 0.3) is 0 Å². The van der Waals surface area contributed by atoms with Crippen molar-refractivity contribution in [1.82, 2.24) is 39.1 Å². The van der Waals surface area contributed by atoms with E-state index in [1.807, 2.05) is 9.36 Å². The molecule has 0 saturated carbocycles. The number of fused-ring (bicyclic) bond motifs is 10. The molecule has 1 aliphatic carbocycles. The molecule has 0 spiro atoms. The number of para-hydroxylation sites is 4. The highest BCUT2D eigenvalue weighted by Gasteiger charge is 2.16. The van der Waals surface area contributed by atoms with E-state index < -0.39 is 0 Å². The minimum absolute atomic E-state index is 0.796. The normalized spacial score (nSPS) is 12.0. The van der Waals surface area contributed by atoms with Crippen molar-refractivity contribution in [3.63, 3.8) is 0 Å². The van der Waals surface area contributed by atoms with Gasteiger partial charge in [0.15, 0.2) is 0 Å². The summed E-state index contributed by atoms with van der Waals surface area (Å²) in [6.45, 7) is 0.